The topological polar surface area (TPSA) is 53.1 Å². The van der Waals surface area contributed by atoms with E-state index >= 15 is 0 Å². The van der Waals surface area contributed by atoms with Crippen LogP contribution in [0.3, 0.4) is 0 Å². The summed E-state index contributed by atoms with van der Waals surface area (Å²) in [6, 6.07) is 5.85. The third-order valence-corrected chi connectivity index (χ3v) is 3.46. The highest BCUT2D eigenvalue weighted by atomic mass is 79.9. The number of hydrogen-bond acceptors (Lipinski definition) is 3. The minimum Gasteiger partial charge on any atom is -0.493 e. The summed E-state index contributed by atoms with van der Waals surface area (Å²) in [6.07, 6.45) is 4.50. The van der Waals surface area contributed by atoms with Gasteiger partial charge in [-0.2, -0.15) is 0 Å². The van der Waals surface area contributed by atoms with Gasteiger partial charge in [0, 0.05) is 41.9 Å². The lowest BCUT2D eigenvalue weighted by Gasteiger charge is -2.14. The van der Waals surface area contributed by atoms with E-state index in [1.54, 1.807) is 6.20 Å². The van der Waals surface area contributed by atoms with Crippen molar-refractivity contribution in [2.24, 2.45) is 12.8 Å². The maximum Gasteiger partial charge on any atom is 0.124 e. The van der Waals surface area contributed by atoms with E-state index in [9.17, 15) is 0 Å². The second-order valence-electron chi connectivity index (χ2n) is 4.52. The third kappa shape index (κ3) is 3.58. The van der Waals surface area contributed by atoms with Gasteiger partial charge in [0.15, 0.2) is 0 Å². The van der Waals surface area contributed by atoms with E-state index in [0.29, 0.717) is 6.61 Å². The van der Waals surface area contributed by atoms with E-state index in [-0.39, 0.29) is 6.04 Å². The molecule has 102 valence electrons. The second-order valence-corrected chi connectivity index (χ2v) is 5.44. The fraction of sp³-hybridized carbons (Fsp3) is 0.357. The van der Waals surface area contributed by atoms with Crippen molar-refractivity contribution in [3.8, 4) is 5.75 Å². The largest absolute Gasteiger partial charge is 0.493 e. The Balaban J connectivity index is 2.01. The summed E-state index contributed by atoms with van der Waals surface area (Å²) < 4.78 is 8.84. The van der Waals surface area contributed by atoms with Crippen LogP contribution >= 0.6 is 15.9 Å². The minimum absolute atomic E-state index is 0.0549. The fourth-order valence-corrected chi connectivity index (χ4v) is 2.28. The molecule has 1 atom stereocenters. The van der Waals surface area contributed by atoms with Crippen molar-refractivity contribution in [2.75, 3.05) is 6.61 Å². The third-order valence-electron chi connectivity index (χ3n) is 2.97. The maximum absolute atomic E-state index is 5.96. The van der Waals surface area contributed by atoms with Crippen molar-refractivity contribution in [3.63, 3.8) is 0 Å². The van der Waals surface area contributed by atoms with Gasteiger partial charge in [0.05, 0.1) is 6.61 Å². The Bertz CT molecular complexity index is 551. The molecule has 0 amide bonds. The molecule has 5 heteroatoms. The van der Waals surface area contributed by atoms with Gasteiger partial charge in [-0.3, -0.25) is 0 Å². The summed E-state index contributed by atoms with van der Waals surface area (Å²) >= 11 is 3.45. The van der Waals surface area contributed by atoms with Gasteiger partial charge in [-0.25, -0.2) is 4.98 Å². The maximum atomic E-state index is 5.96. The van der Waals surface area contributed by atoms with E-state index in [0.717, 1.165) is 28.0 Å². The first-order valence-corrected chi connectivity index (χ1v) is 7.01. The molecule has 0 saturated carbocycles. The molecule has 0 saturated heterocycles. The Morgan fingerprint density at radius 2 is 2.26 bits per heavy atom. The van der Waals surface area contributed by atoms with Crippen LogP contribution in [0, 0.1) is 0 Å². The second kappa shape index (κ2) is 6.21. The minimum atomic E-state index is -0.0549. The molecule has 0 bridgehead atoms. The lowest BCUT2D eigenvalue weighted by molar-refractivity contribution is 0.313. The van der Waals surface area contributed by atoms with E-state index in [4.69, 9.17) is 10.5 Å². The van der Waals surface area contributed by atoms with Crippen molar-refractivity contribution in [1.82, 2.24) is 9.55 Å². The first kappa shape index (κ1) is 14.1. The monoisotopic (exact) mass is 323 g/mol. The normalized spacial score (nSPS) is 12.4. The molecule has 1 unspecified atom stereocenters. The number of aryl methyl sites for hydroxylation is 1. The lowest BCUT2D eigenvalue weighted by atomic mass is 10.1. The zero-order valence-corrected chi connectivity index (χ0v) is 12.7. The number of benzene rings is 1. The number of nitrogens with zero attached hydrogens (tertiary/aromatic N) is 2. The van der Waals surface area contributed by atoms with Gasteiger partial charge in [-0.15, -0.1) is 0 Å². The summed E-state index contributed by atoms with van der Waals surface area (Å²) in [5.74, 6) is 1.85. The predicted molar refractivity (Wildman–Crippen MR) is 79.2 cm³/mol. The molecule has 2 rings (SSSR count). The molecule has 0 spiro atoms. The Morgan fingerprint density at radius 1 is 1.47 bits per heavy atom. The number of imidazole rings is 1. The van der Waals surface area contributed by atoms with Crippen LogP contribution in [-0.2, 0) is 13.5 Å². The van der Waals surface area contributed by atoms with Gasteiger partial charge in [-0.1, -0.05) is 15.9 Å². The average molecular weight is 324 g/mol. The van der Waals surface area contributed by atoms with Crippen LogP contribution in [0.1, 0.15) is 24.4 Å². The van der Waals surface area contributed by atoms with Gasteiger partial charge in [-0.05, 0) is 25.1 Å². The lowest BCUT2D eigenvalue weighted by Crippen LogP contribution is -2.11. The molecule has 1 heterocycles. The van der Waals surface area contributed by atoms with Crippen LogP contribution in [0.2, 0.25) is 0 Å². The predicted octanol–water partition coefficient (Wildman–Crippen LogP) is 2.82. The van der Waals surface area contributed by atoms with Crippen LogP contribution < -0.4 is 10.5 Å². The van der Waals surface area contributed by atoms with Gasteiger partial charge < -0.3 is 15.0 Å². The van der Waals surface area contributed by atoms with Crippen molar-refractivity contribution in [1.29, 1.82) is 0 Å². The van der Waals surface area contributed by atoms with Crippen LogP contribution in [0.15, 0.2) is 35.1 Å². The number of hydrogen-bond donors (Lipinski definition) is 1. The number of halogens is 1. The number of nitrogens with two attached hydrogens (primary N) is 1. The molecule has 0 aliphatic rings. The standard InChI is InChI=1S/C14H18BrN3O/c1-10(16)12-9-11(15)3-4-13(12)19-8-5-14-17-6-7-18(14)2/h3-4,6-7,9-10H,5,8,16H2,1-2H3. The fourth-order valence-electron chi connectivity index (χ4n) is 1.90. The summed E-state index contributed by atoms with van der Waals surface area (Å²) in [5.41, 5.74) is 6.97. The average Bonchev–Trinajstić information content (AvgIpc) is 2.77. The molecule has 1 aromatic heterocycles. The zero-order chi connectivity index (χ0) is 13.8. The molecule has 1 aromatic carbocycles. The molecule has 0 aliphatic carbocycles. The zero-order valence-electron chi connectivity index (χ0n) is 11.1. The van der Waals surface area contributed by atoms with Crippen molar-refractivity contribution in [2.45, 2.75) is 19.4 Å². The molecule has 2 aromatic rings. The summed E-state index contributed by atoms with van der Waals surface area (Å²) in [7, 11) is 1.98. The van der Waals surface area contributed by atoms with Crippen LogP contribution in [0.4, 0.5) is 0 Å². The van der Waals surface area contributed by atoms with E-state index in [2.05, 4.69) is 20.9 Å². The van der Waals surface area contributed by atoms with Crippen molar-refractivity contribution < 1.29 is 4.74 Å². The van der Waals surface area contributed by atoms with Gasteiger partial charge >= 0.3 is 0 Å². The van der Waals surface area contributed by atoms with E-state index in [1.165, 1.54) is 0 Å². The number of aromatic nitrogens is 2. The molecule has 2 N–H and O–H groups in total. The first-order chi connectivity index (χ1) is 9.08. The summed E-state index contributed by atoms with van der Waals surface area (Å²) in [6.45, 7) is 2.54. The van der Waals surface area contributed by atoms with Crippen LogP contribution in [0.25, 0.3) is 0 Å². The molecular formula is C14H18BrN3O. The Morgan fingerprint density at radius 3 is 2.89 bits per heavy atom. The number of ether oxygens (including phenoxy) is 1. The molecule has 19 heavy (non-hydrogen) atoms. The smallest absolute Gasteiger partial charge is 0.124 e. The highest BCUT2D eigenvalue weighted by Crippen LogP contribution is 2.27. The first-order valence-electron chi connectivity index (χ1n) is 6.22. The van der Waals surface area contributed by atoms with Crippen molar-refractivity contribution in [3.05, 3.63) is 46.5 Å². The molecular weight excluding hydrogens is 306 g/mol. The highest BCUT2D eigenvalue weighted by molar-refractivity contribution is 9.10. The quantitative estimate of drug-likeness (QED) is 0.920. The number of rotatable bonds is 5. The Labute approximate surface area is 121 Å². The van der Waals surface area contributed by atoms with Crippen LogP contribution in [0.5, 0.6) is 5.75 Å². The molecule has 4 nitrogen and oxygen atoms in total. The summed E-state index contributed by atoms with van der Waals surface area (Å²) in [5, 5.41) is 0. The van der Waals surface area contributed by atoms with Crippen LogP contribution in [-0.4, -0.2) is 16.2 Å². The SMILES string of the molecule is CC(N)c1cc(Br)ccc1OCCc1nccn1C. The van der Waals surface area contributed by atoms with E-state index < -0.39 is 0 Å². The van der Waals surface area contributed by atoms with Gasteiger partial charge in [0.2, 0.25) is 0 Å². The summed E-state index contributed by atoms with van der Waals surface area (Å²) in [4.78, 5) is 4.27. The Kier molecular flexibility index (Phi) is 4.61. The molecule has 0 aliphatic heterocycles. The van der Waals surface area contributed by atoms with Gasteiger partial charge in [0.25, 0.3) is 0 Å². The van der Waals surface area contributed by atoms with E-state index in [1.807, 2.05) is 42.9 Å². The highest BCUT2D eigenvalue weighted by Gasteiger charge is 2.09. The van der Waals surface area contributed by atoms with Gasteiger partial charge in [0.1, 0.15) is 11.6 Å². The molecule has 0 radical (unpaired) electrons. The Hall–Kier alpha value is -1.33. The van der Waals surface area contributed by atoms with Crippen molar-refractivity contribution >= 4 is 15.9 Å². The molecule has 0 fully saturated rings.